The number of rotatable bonds is 1. The second kappa shape index (κ2) is 3.59. The number of nitrogens with two attached hydrogens (primary N) is 1. The van der Waals surface area contributed by atoms with Crippen LogP contribution in [0.2, 0.25) is 0 Å². The molecule has 68 valence electrons. The maximum absolute atomic E-state index is 8.82. The summed E-state index contributed by atoms with van der Waals surface area (Å²) in [6.45, 7) is 5.89. The zero-order chi connectivity index (χ0) is 10.0. The van der Waals surface area contributed by atoms with Gasteiger partial charge in [-0.15, -0.1) is 0 Å². The SMILES string of the molecule is Cc1cc(C)c(C(C)N)cc1C#N. The normalized spacial score (nSPS) is 12.2. The van der Waals surface area contributed by atoms with E-state index in [2.05, 4.69) is 6.07 Å². The monoisotopic (exact) mass is 174 g/mol. The van der Waals surface area contributed by atoms with Crippen LogP contribution in [0.1, 0.15) is 35.2 Å². The molecule has 0 heterocycles. The topological polar surface area (TPSA) is 49.8 Å². The molecule has 0 aliphatic carbocycles. The van der Waals surface area contributed by atoms with E-state index in [1.54, 1.807) is 0 Å². The van der Waals surface area contributed by atoms with Gasteiger partial charge in [-0.1, -0.05) is 6.07 Å². The van der Waals surface area contributed by atoms with E-state index in [0.29, 0.717) is 0 Å². The van der Waals surface area contributed by atoms with Crippen LogP contribution in [0.25, 0.3) is 0 Å². The van der Waals surface area contributed by atoms with Crippen LogP contribution in [-0.2, 0) is 0 Å². The van der Waals surface area contributed by atoms with Crippen LogP contribution in [0.4, 0.5) is 0 Å². The van der Waals surface area contributed by atoms with E-state index in [1.807, 2.05) is 32.9 Å². The fraction of sp³-hybridized carbons (Fsp3) is 0.364. The summed E-state index contributed by atoms with van der Waals surface area (Å²) in [5, 5.41) is 8.82. The van der Waals surface area contributed by atoms with Crippen molar-refractivity contribution in [3.63, 3.8) is 0 Å². The molecule has 1 unspecified atom stereocenters. The van der Waals surface area contributed by atoms with E-state index < -0.39 is 0 Å². The van der Waals surface area contributed by atoms with Crippen molar-refractivity contribution in [2.75, 3.05) is 0 Å². The minimum absolute atomic E-state index is 0.00676. The van der Waals surface area contributed by atoms with Crippen molar-refractivity contribution in [3.05, 3.63) is 34.4 Å². The minimum atomic E-state index is -0.00676. The molecule has 13 heavy (non-hydrogen) atoms. The number of aryl methyl sites for hydroxylation is 2. The van der Waals surface area contributed by atoms with Gasteiger partial charge in [0, 0.05) is 6.04 Å². The van der Waals surface area contributed by atoms with Gasteiger partial charge in [0.1, 0.15) is 0 Å². The molecule has 0 aliphatic heterocycles. The molecule has 1 aromatic rings. The van der Waals surface area contributed by atoms with Crippen molar-refractivity contribution < 1.29 is 0 Å². The lowest BCUT2D eigenvalue weighted by Crippen LogP contribution is -2.07. The summed E-state index contributed by atoms with van der Waals surface area (Å²) in [5.74, 6) is 0. The average Bonchev–Trinajstić information content (AvgIpc) is 2.03. The molecule has 2 N–H and O–H groups in total. The van der Waals surface area contributed by atoms with Crippen molar-refractivity contribution in [1.29, 1.82) is 5.26 Å². The van der Waals surface area contributed by atoms with Gasteiger partial charge in [-0.05, 0) is 43.5 Å². The standard InChI is InChI=1S/C11H14N2/c1-7-4-8(2)11(9(3)13)5-10(7)6-12/h4-5,9H,13H2,1-3H3. The summed E-state index contributed by atoms with van der Waals surface area (Å²) in [7, 11) is 0. The quantitative estimate of drug-likeness (QED) is 0.709. The van der Waals surface area contributed by atoms with Crippen molar-refractivity contribution >= 4 is 0 Å². The van der Waals surface area contributed by atoms with Crippen LogP contribution in [-0.4, -0.2) is 0 Å². The summed E-state index contributed by atoms with van der Waals surface area (Å²) >= 11 is 0. The van der Waals surface area contributed by atoms with E-state index in [9.17, 15) is 0 Å². The predicted molar refractivity (Wildman–Crippen MR) is 53.2 cm³/mol. The Morgan fingerprint density at radius 2 is 1.92 bits per heavy atom. The van der Waals surface area contributed by atoms with Gasteiger partial charge in [0.25, 0.3) is 0 Å². The second-order valence-corrected chi connectivity index (χ2v) is 3.42. The van der Waals surface area contributed by atoms with Crippen molar-refractivity contribution in [3.8, 4) is 6.07 Å². The van der Waals surface area contributed by atoms with E-state index in [-0.39, 0.29) is 6.04 Å². The van der Waals surface area contributed by atoms with Crippen molar-refractivity contribution in [1.82, 2.24) is 0 Å². The molecule has 1 atom stereocenters. The lowest BCUT2D eigenvalue weighted by atomic mass is 9.97. The van der Waals surface area contributed by atoms with Crippen molar-refractivity contribution in [2.45, 2.75) is 26.8 Å². The Kier molecular flexibility index (Phi) is 2.69. The first kappa shape index (κ1) is 9.76. The van der Waals surface area contributed by atoms with E-state index in [1.165, 1.54) is 0 Å². The third-order valence-electron chi connectivity index (χ3n) is 2.22. The minimum Gasteiger partial charge on any atom is -0.324 e. The molecule has 0 amide bonds. The number of nitrogens with zero attached hydrogens (tertiary/aromatic N) is 1. The lowest BCUT2D eigenvalue weighted by molar-refractivity contribution is 0.808. The maximum Gasteiger partial charge on any atom is 0.0994 e. The number of nitriles is 1. The molecule has 0 spiro atoms. The van der Waals surface area contributed by atoms with E-state index in [0.717, 1.165) is 22.3 Å². The summed E-state index contributed by atoms with van der Waals surface area (Å²) < 4.78 is 0. The molecule has 0 saturated heterocycles. The molecule has 0 saturated carbocycles. The third-order valence-corrected chi connectivity index (χ3v) is 2.22. The smallest absolute Gasteiger partial charge is 0.0994 e. The first-order valence-corrected chi connectivity index (χ1v) is 4.33. The zero-order valence-electron chi connectivity index (χ0n) is 8.26. The maximum atomic E-state index is 8.82. The average molecular weight is 174 g/mol. The largest absolute Gasteiger partial charge is 0.324 e. The molecule has 1 rings (SSSR count). The Hall–Kier alpha value is -1.33. The second-order valence-electron chi connectivity index (χ2n) is 3.42. The Morgan fingerprint density at radius 1 is 1.31 bits per heavy atom. The van der Waals surface area contributed by atoms with Gasteiger partial charge in [0.2, 0.25) is 0 Å². The number of hydrogen-bond acceptors (Lipinski definition) is 2. The molecule has 2 heteroatoms. The van der Waals surface area contributed by atoms with Gasteiger partial charge in [-0.25, -0.2) is 0 Å². The molecule has 0 aliphatic rings. The number of benzene rings is 1. The molecular weight excluding hydrogens is 160 g/mol. The van der Waals surface area contributed by atoms with Gasteiger partial charge in [-0.2, -0.15) is 5.26 Å². The third kappa shape index (κ3) is 1.88. The van der Waals surface area contributed by atoms with Crippen LogP contribution in [0.15, 0.2) is 12.1 Å². The molecule has 2 nitrogen and oxygen atoms in total. The van der Waals surface area contributed by atoms with Crippen LogP contribution in [0.3, 0.4) is 0 Å². The van der Waals surface area contributed by atoms with Gasteiger partial charge >= 0.3 is 0 Å². The summed E-state index contributed by atoms with van der Waals surface area (Å²) in [6, 6.07) is 6.05. The Balaban J connectivity index is 3.33. The highest BCUT2D eigenvalue weighted by Crippen LogP contribution is 2.19. The van der Waals surface area contributed by atoms with Crippen LogP contribution < -0.4 is 5.73 Å². The predicted octanol–water partition coefficient (Wildman–Crippen LogP) is 2.19. The molecule has 0 fully saturated rings. The first-order chi connectivity index (χ1) is 6.06. The van der Waals surface area contributed by atoms with Crippen LogP contribution in [0.5, 0.6) is 0 Å². The van der Waals surface area contributed by atoms with Gasteiger partial charge in [0.05, 0.1) is 11.6 Å². The molecule has 0 bridgehead atoms. The Labute approximate surface area is 79.0 Å². The number of hydrogen-bond donors (Lipinski definition) is 1. The molecule has 1 aromatic carbocycles. The molecule has 0 aromatic heterocycles. The van der Waals surface area contributed by atoms with Crippen molar-refractivity contribution in [2.24, 2.45) is 5.73 Å². The molecule has 0 radical (unpaired) electrons. The highest BCUT2D eigenvalue weighted by molar-refractivity contribution is 5.44. The summed E-state index contributed by atoms with van der Waals surface area (Å²) in [6.07, 6.45) is 0. The summed E-state index contributed by atoms with van der Waals surface area (Å²) in [4.78, 5) is 0. The van der Waals surface area contributed by atoms with E-state index in [4.69, 9.17) is 11.0 Å². The van der Waals surface area contributed by atoms with Gasteiger partial charge < -0.3 is 5.73 Å². The zero-order valence-corrected chi connectivity index (χ0v) is 8.26. The Morgan fingerprint density at radius 3 is 2.38 bits per heavy atom. The molecular formula is C11H14N2. The highest BCUT2D eigenvalue weighted by atomic mass is 14.6. The fourth-order valence-corrected chi connectivity index (χ4v) is 1.48. The van der Waals surface area contributed by atoms with Gasteiger partial charge in [0.15, 0.2) is 0 Å². The summed E-state index contributed by atoms with van der Waals surface area (Å²) in [5.41, 5.74) is 9.73. The van der Waals surface area contributed by atoms with Crippen LogP contribution in [0, 0.1) is 25.2 Å². The lowest BCUT2D eigenvalue weighted by Gasteiger charge is -2.11. The Bertz CT molecular complexity index is 359. The van der Waals surface area contributed by atoms with Gasteiger partial charge in [-0.3, -0.25) is 0 Å². The fourth-order valence-electron chi connectivity index (χ4n) is 1.48. The first-order valence-electron chi connectivity index (χ1n) is 4.33. The van der Waals surface area contributed by atoms with E-state index >= 15 is 0 Å². The van der Waals surface area contributed by atoms with Crippen LogP contribution >= 0.6 is 0 Å². The highest BCUT2D eigenvalue weighted by Gasteiger charge is 2.06.